The zero-order valence-corrected chi connectivity index (χ0v) is 88.9. The van der Waals surface area contributed by atoms with E-state index in [0.717, 1.165) is 182 Å². The van der Waals surface area contributed by atoms with Crippen LogP contribution in [0.1, 0.15) is 266 Å². The van der Waals surface area contributed by atoms with Crippen LogP contribution in [0.4, 0.5) is 42.0 Å². The third-order valence-corrected chi connectivity index (χ3v) is 33.5. The second-order valence-electron chi connectivity index (χ2n) is 42.7. The predicted molar refractivity (Wildman–Crippen MR) is 562 cm³/mol. The lowest BCUT2D eigenvalue weighted by Crippen LogP contribution is -2.48. The third kappa shape index (κ3) is 28.2. The molecule has 2 radical (unpaired) electrons. The van der Waals surface area contributed by atoms with E-state index in [0.29, 0.717) is 53.8 Å². The van der Waals surface area contributed by atoms with Crippen molar-refractivity contribution < 1.29 is 72.1 Å². The van der Waals surface area contributed by atoms with Gasteiger partial charge in [-0.1, -0.05) is 125 Å². The van der Waals surface area contributed by atoms with E-state index in [1.54, 1.807) is 47.7 Å². The van der Waals surface area contributed by atoms with Crippen LogP contribution in [0.25, 0.3) is 0 Å². The number of anilines is 4. The van der Waals surface area contributed by atoms with Crippen LogP contribution in [0.2, 0.25) is 0 Å². The molecule has 768 valence electrons. The number of methoxy groups -OCH3 is 2. The Hall–Kier alpha value is -9.76. The lowest BCUT2D eigenvalue weighted by molar-refractivity contribution is -0.122. The fourth-order valence-electron chi connectivity index (χ4n) is 20.9. The third-order valence-electron chi connectivity index (χ3n) is 29.0. The van der Waals surface area contributed by atoms with Gasteiger partial charge < -0.3 is 89.6 Å². The number of aromatic nitrogens is 8. The molecule has 8 aromatic rings. The summed E-state index contributed by atoms with van der Waals surface area (Å²) in [6, 6.07) is 33.4. The number of alkyl carbamates (subject to hydrolysis) is 3. The van der Waals surface area contributed by atoms with Crippen molar-refractivity contribution in [3.05, 3.63) is 194 Å². The van der Waals surface area contributed by atoms with Gasteiger partial charge in [0.1, 0.15) is 47.9 Å². The molecule has 8 aliphatic carbocycles. The summed E-state index contributed by atoms with van der Waals surface area (Å²) in [4.78, 5) is 116. The Morgan fingerprint density at radius 3 is 1.08 bits per heavy atom. The first kappa shape index (κ1) is 109. The molecule has 30 nitrogen and oxygen atoms in total. The highest BCUT2D eigenvalue weighted by atomic mass is 79.9. The molecule has 20 rings (SSSR count). The molecule has 8 heterocycles. The molecule has 4 atom stereocenters. The number of nitrogens with zero attached hydrogens (tertiary/aromatic N) is 11. The number of benzene rings is 4. The van der Waals surface area contributed by atoms with Crippen LogP contribution in [0.3, 0.4) is 0 Å². The number of ether oxygens (including phenoxy) is 5. The average molecular weight is 2100 g/mol. The number of thioether (sulfide) groups is 3. The molecule has 143 heavy (non-hydrogen) atoms. The molecule has 0 unspecified atom stereocenters. The number of nitrogens with one attached hydrogen (secondary N) is 4. The Morgan fingerprint density at radius 2 is 0.762 bits per heavy atom. The highest BCUT2D eigenvalue weighted by Gasteiger charge is 2.54. The van der Waals surface area contributed by atoms with Gasteiger partial charge in [0.05, 0.1) is 70.3 Å². The Balaban J connectivity index is 0.000000147. The summed E-state index contributed by atoms with van der Waals surface area (Å²) in [6.07, 6.45) is 27.7. The SMILES string of the molecule is BrCC1CC1.CC(C)(C)OC(=O)N[C@@H]1c2ccccc2CC12CCN(c1ncc(SCC3CC3)nc1CO)CC2.COC(=O)c1[nH]c(=S)cnc1N1CCC2(CC1)Cc1ccccc1[C@H]2NC(=O)OC(C)(C)C.COC(=O)c1nc(SCC2CC2)cnc1N1CCC2(CC1)Cc1ccccc1[C@H]2NC(=O)OC(C)(C)C.N[C@@H]1c2ccccc2CC12CCN(c1ncc(SCC3CC3)nc1CO)CC2.O=CO.[B]F. The first-order chi connectivity index (χ1) is 68.6. The molecular formula is C106H139BBrFN16O14S4. The van der Waals surface area contributed by atoms with Crippen LogP contribution >= 0.6 is 63.4 Å². The number of alkyl halides is 1. The van der Waals surface area contributed by atoms with Crippen molar-refractivity contribution in [2.75, 3.05) is 109 Å². The Kier molecular flexibility index (Phi) is 36.8. The average Bonchev–Trinajstić information content (AvgIpc) is 1.42. The number of piperidine rings is 4. The van der Waals surface area contributed by atoms with E-state index in [2.05, 4.69) is 157 Å². The number of aliphatic hydroxyl groups excluding tert-OH is 2. The summed E-state index contributed by atoms with van der Waals surface area (Å²) in [7, 11) is 5.72. The van der Waals surface area contributed by atoms with Crippen molar-refractivity contribution in [1.29, 1.82) is 0 Å². The Labute approximate surface area is 867 Å². The number of H-pyrrole nitrogens is 1. The normalized spacial score (nSPS) is 20.4. The van der Waals surface area contributed by atoms with E-state index in [9.17, 15) is 34.2 Å². The summed E-state index contributed by atoms with van der Waals surface area (Å²) in [5, 5.41) is 40.2. The zero-order chi connectivity index (χ0) is 102. The van der Waals surface area contributed by atoms with E-state index >= 15 is 0 Å². The Morgan fingerprint density at radius 1 is 0.469 bits per heavy atom. The van der Waals surface area contributed by atoms with Crippen molar-refractivity contribution >= 4 is 132 Å². The van der Waals surface area contributed by atoms with Gasteiger partial charge in [0.25, 0.3) is 6.47 Å². The van der Waals surface area contributed by atoms with Crippen LogP contribution < -0.4 is 41.3 Å². The molecule has 4 aromatic heterocycles. The van der Waals surface area contributed by atoms with Gasteiger partial charge in [-0.25, -0.2) is 58.9 Å². The monoisotopic (exact) mass is 2100 g/mol. The standard InChI is InChI=1S/C28H36N4O4S.C27H36N4O3S.C24H30N4O4S.C22H28N4OS.C4H7Br.CH2O2.BF/c1-27(2,3)36-26(34)31-23-20-8-6-5-7-19(20)15-28(23)11-13-32(14-12-28)24-22(25(33)35-4)30-21(16-29-24)37-17-18-9-10-18;1-26(2,3)34-25(33)30-23-20-7-5-4-6-19(20)14-27(23)10-12-31(13-11-27)24-21(16-32)29-22(15-28-24)35-17-18-8-9-18;1-23(2,3)32-22(30)27-19-16-8-6-5-7-15(16)13-24(19)9-11-28(12-10-24)20-18(21(29)31-4)26-17(33)14-25-20;23-20-17-4-2-1-3-16(17)11-22(20)7-9-26(10-8-22)21-18(13-27)25-19(12-24-21)28-14-15-5-6-15;5-3-4-1-2-4;2-1-3;1-2/h5-8,16,18,23H,9-15,17H2,1-4H3,(H,31,34);4-7,15,18,23,32H,8-14,16-17H2,1-3H3,(H,30,33);5-8,14,19H,9-13H2,1-4H3,(H,26,33)(H,27,30);1-4,12,15,20,27H,5-11,13-14,23H2;4H,1-3H2;1H,(H,2,3);/t2*23-;19-;20-;;;/m1111.../s1. The molecule has 3 amide bonds. The number of amides is 3. The fourth-order valence-corrected chi connectivity index (χ4v) is 24.8. The number of hydrogen-bond acceptors (Lipinski definition) is 29. The van der Waals surface area contributed by atoms with Crippen molar-refractivity contribution in [2.24, 2.45) is 51.1 Å². The summed E-state index contributed by atoms with van der Waals surface area (Å²) in [5.74, 6) is 8.45. The molecular weight excluding hydrogens is 1960 g/mol. The van der Waals surface area contributed by atoms with Gasteiger partial charge in [0, 0.05) is 97.2 Å². The predicted octanol–water partition coefficient (Wildman–Crippen LogP) is 19.2. The van der Waals surface area contributed by atoms with Gasteiger partial charge >= 0.3 is 38.3 Å². The van der Waals surface area contributed by atoms with Crippen molar-refractivity contribution in [2.45, 2.75) is 260 Å². The van der Waals surface area contributed by atoms with E-state index in [4.69, 9.17) is 70.8 Å². The molecule has 9 N–H and O–H groups in total. The number of hydrogen-bond donors (Lipinski definition) is 8. The van der Waals surface area contributed by atoms with Gasteiger partial charge in [-0.3, -0.25) is 4.79 Å². The largest absolute Gasteiger partial charge is 0.483 e. The summed E-state index contributed by atoms with van der Waals surface area (Å²) in [6.45, 7) is 22.6. The molecule has 0 bridgehead atoms. The van der Waals surface area contributed by atoms with Crippen LogP contribution in [-0.2, 0) is 67.4 Å². The minimum Gasteiger partial charge on any atom is -0.483 e. The van der Waals surface area contributed by atoms with Crippen LogP contribution in [0.5, 0.6) is 0 Å². The Bertz CT molecular complexity index is 5770. The molecule has 4 aliphatic heterocycles. The van der Waals surface area contributed by atoms with Crippen LogP contribution in [-0.4, -0.2) is 206 Å². The molecule has 12 aliphatic rings. The number of carbonyl (C=O) groups excluding carboxylic acids is 5. The number of aromatic amines is 1. The highest BCUT2D eigenvalue weighted by Crippen LogP contribution is 2.57. The molecule has 4 saturated carbocycles. The first-order valence-corrected chi connectivity index (χ1v) is 54.4. The van der Waals surface area contributed by atoms with Gasteiger partial charge in [-0.05, 0) is 264 Å². The summed E-state index contributed by atoms with van der Waals surface area (Å²) < 4.78 is 36.1. The smallest absolute Gasteiger partial charge is 0.408 e. The van der Waals surface area contributed by atoms with Crippen molar-refractivity contribution in [3.8, 4) is 0 Å². The molecule has 4 saturated heterocycles. The number of halogens is 2. The van der Waals surface area contributed by atoms with E-state index in [1.165, 1.54) is 104 Å². The molecule has 37 heteroatoms. The van der Waals surface area contributed by atoms with Crippen LogP contribution in [0, 0.1) is 50.0 Å². The molecule has 8 fully saturated rings. The highest BCUT2D eigenvalue weighted by molar-refractivity contribution is 9.09. The van der Waals surface area contributed by atoms with E-state index < -0.39 is 40.9 Å². The number of carboxylic acid groups (broad SMARTS) is 1. The van der Waals surface area contributed by atoms with Crippen molar-refractivity contribution in [3.63, 3.8) is 0 Å². The minimum atomic E-state index is -0.567. The number of fused-ring (bicyclic) bond motifs is 4. The minimum absolute atomic E-state index is 0.0627. The van der Waals surface area contributed by atoms with E-state index in [-0.39, 0.29) is 83.0 Å². The molecule has 4 aromatic carbocycles. The fraction of sp³-hybridized carbons (Fsp3) is 0.566. The quantitative estimate of drug-likeness (QED) is 0.00630. The molecule has 4 spiro atoms. The second kappa shape index (κ2) is 48.3. The van der Waals surface area contributed by atoms with Crippen molar-refractivity contribution in [1.82, 2.24) is 55.8 Å². The van der Waals surface area contributed by atoms with E-state index in [1.807, 2.05) is 99.0 Å². The maximum Gasteiger partial charge on any atom is 0.408 e. The summed E-state index contributed by atoms with van der Waals surface area (Å²) in [5.41, 5.74) is 16.8. The number of esters is 2. The van der Waals surface area contributed by atoms with Crippen LogP contribution in [0.15, 0.2) is 137 Å². The second-order valence-corrected chi connectivity index (χ2v) is 46.9. The van der Waals surface area contributed by atoms with Gasteiger partial charge in [-0.2, -0.15) is 0 Å². The first-order valence-electron chi connectivity index (χ1n) is 49.9. The number of aliphatic hydroxyl groups is 2. The number of rotatable bonds is 21. The zero-order valence-electron chi connectivity index (χ0n) is 84.1. The van der Waals surface area contributed by atoms with Gasteiger partial charge in [0.15, 0.2) is 34.7 Å². The number of carbonyl (C=O) groups is 6. The lowest BCUT2D eigenvalue weighted by atomic mass is 9.72. The van der Waals surface area contributed by atoms with Gasteiger partial charge in [0.2, 0.25) is 0 Å². The maximum absolute atomic E-state index is 12.8. The lowest BCUT2D eigenvalue weighted by Gasteiger charge is -2.44. The number of nitrogens with two attached hydrogens (primary N) is 1. The summed E-state index contributed by atoms with van der Waals surface area (Å²) >= 11 is 13.7. The van der Waals surface area contributed by atoms with Gasteiger partial charge in [-0.15, -0.1) is 35.3 Å². The maximum atomic E-state index is 12.8. The topological polar surface area (TPSA) is 390 Å².